The molecule has 0 saturated carbocycles. The SMILES string of the molecule is CCCCCCCCCCCCCCCCCCCCCC(=O)O[C@H](COC(=O)CCCCCCCCCCCCCCCCCCC)COP(=O)(O)OC[C@@H](O)COP(=O)(O)OC[C@@H](COC(=O)CCCCCCCCCCCC(C)C)OC(=O)CCCCCCCCCCCCC(C)C. The van der Waals surface area contributed by atoms with Crippen molar-refractivity contribution in [3.05, 3.63) is 0 Å². The second kappa shape index (κ2) is 73.6. The van der Waals surface area contributed by atoms with Gasteiger partial charge in [-0.25, -0.2) is 9.13 Å². The van der Waals surface area contributed by atoms with Crippen molar-refractivity contribution >= 4 is 39.5 Å². The summed E-state index contributed by atoms with van der Waals surface area (Å²) in [6.07, 6.45) is 63.9. The highest BCUT2D eigenvalue weighted by Crippen LogP contribution is 2.45. The van der Waals surface area contributed by atoms with Gasteiger partial charge < -0.3 is 33.8 Å². The summed E-state index contributed by atoms with van der Waals surface area (Å²) >= 11 is 0. The van der Waals surface area contributed by atoms with Crippen molar-refractivity contribution in [3.63, 3.8) is 0 Å². The molecular formula is C82H160O17P2. The fraction of sp³-hybridized carbons (Fsp3) is 0.951. The van der Waals surface area contributed by atoms with Crippen molar-refractivity contribution in [2.45, 2.75) is 452 Å². The Kier molecular flexibility index (Phi) is 72.2. The van der Waals surface area contributed by atoms with Gasteiger partial charge in [0.15, 0.2) is 12.2 Å². The molecule has 0 aromatic heterocycles. The summed E-state index contributed by atoms with van der Waals surface area (Å²) in [5, 5.41) is 10.7. The van der Waals surface area contributed by atoms with Gasteiger partial charge in [-0.2, -0.15) is 0 Å². The Hall–Kier alpha value is -1.94. The van der Waals surface area contributed by atoms with Gasteiger partial charge in [-0.15, -0.1) is 0 Å². The van der Waals surface area contributed by atoms with Gasteiger partial charge in [0.1, 0.15) is 19.3 Å². The molecule has 600 valence electrons. The number of unbranched alkanes of at least 4 members (excludes halogenated alkanes) is 51. The maximum absolute atomic E-state index is 13.1. The smallest absolute Gasteiger partial charge is 0.462 e. The number of hydrogen-bond acceptors (Lipinski definition) is 15. The third-order valence-electron chi connectivity index (χ3n) is 19.2. The van der Waals surface area contributed by atoms with Crippen LogP contribution in [0.3, 0.4) is 0 Å². The summed E-state index contributed by atoms with van der Waals surface area (Å²) < 4.78 is 68.8. The van der Waals surface area contributed by atoms with Gasteiger partial charge in [-0.05, 0) is 37.5 Å². The van der Waals surface area contributed by atoms with Crippen molar-refractivity contribution < 1.29 is 80.2 Å². The molecule has 0 saturated heterocycles. The van der Waals surface area contributed by atoms with Gasteiger partial charge in [0.2, 0.25) is 0 Å². The van der Waals surface area contributed by atoms with E-state index in [1.54, 1.807) is 0 Å². The average molecular weight is 1480 g/mol. The summed E-state index contributed by atoms with van der Waals surface area (Å²) in [7, 11) is -9.92. The summed E-state index contributed by atoms with van der Waals surface area (Å²) in [5.41, 5.74) is 0. The molecule has 0 aromatic rings. The molecule has 0 heterocycles. The highest BCUT2D eigenvalue weighted by atomic mass is 31.2. The van der Waals surface area contributed by atoms with Gasteiger partial charge in [0.25, 0.3) is 0 Å². The molecule has 5 atom stereocenters. The zero-order valence-electron chi connectivity index (χ0n) is 66.2. The van der Waals surface area contributed by atoms with Gasteiger partial charge in [-0.1, -0.05) is 382 Å². The fourth-order valence-corrected chi connectivity index (χ4v) is 14.3. The van der Waals surface area contributed by atoms with Crippen LogP contribution in [0.15, 0.2) is 0 Å². The molecule has 0 fully saturated rings. The van der Waals surface area contributed by atoms with E-state index in [-0.39, 0.29) is 25.7 Å². The molecule has 0 rings (SSSR count). The molecule has 19 heteroatoms. The molecular weight excluding hydrogens is 1320 g/mol. The van der Waals surface area contributed by atoms with Crippen molar-refractivity contribution in [3.8, 4) is 0 Å². The van der Waals surface area contributed by atoms with Gasteiger partial charge >= 0.3 is 39.5 Å². The maximum atomic E-state index is 13.1. The second-order valence-electron chi connectivity index (χ2n) is 30.5. The highest BCUT2D eigenvalue weighted by Gasteiger charge is 2.30. The predicted octanol–water partition coefficient (Wildman–Crippen LogP) is 24.7. The number of aliphatic hydroxyl groups excluding tert-OH is 1. The molecule has 2 unspecified atom stereocenters. The van der Waals surface area contributed by atoms with Gasteiger partial charge in [-0.3, -0.25) is 37.3 Å². The van der Waals surface area contributed by atoms with Crippen LogP contribution in [0.2, 0.25) is 0 Å². The zero-order chi connectivity index (χ0) is 74.2. The van der Waals surface area contributed by atoms with E-state index in [4.69, 9.17) is 37.0 Å². The Balaban J connectivity index is 5.25. The largest absolute Gasteiger partial charge is 0.472 e. The standard InChI is InChI=1S/C82H160O17P2/c1-7-9-11-13-15-17-19-21-23-25-26-28-30-32-34-41-48-54-60-66-81(86)98-77(70-92-79(84)64-58-52-46-40-33-31-29-27-24-22-20-18-16-14-12-10-8-2)72-96-100(88,89)94-68-76(83)69-95-101(90,91)97-73-78(71-93-80(85)65-59-53-47-43-37-39-45-51-57-63-75(5)6)99-82(87)67-61-55-49-42-36-35-38-44-50-56-62-74(3)4/h74-78,83H,7-73H2,1-6H3,(H,88,89)(H,90,91)/t76-,77-,78-/m1/s1. The molecule has 0 bridgehead atoms. The Morgan fingerprint density at radius 3 is 0.673 bits per heavy atom. The van der Waals surface area contributed by atoms with Gasteiger partial charge in [0.05, 0.1) is 26.4 Å². The fourth-order valence-electron chi connectivity index (χ4n) is 12.7. The first-order valence-electron chi connectivity index (χ1n) is 42.5. The normalized spacial score (nSPS) is 13.9. The Morgan fingerprint density at radius 1 is 0.267 bits per heavy atom. The minimum absolute atomic E-state index is 0.106. The molecule has 0 spiro atoms. The molecule has 0 amide bonds. The number of ether oxygens (including phenoxy) is 4. The zero-order valence-corrected chi connectivity index (χ0v) is 68.0. The quantitative estimate of drug-likeness (QED) is 0.0222. The van der Waals surface area contributed by atoms with E-state index in [1.807, 2.05) is 0 Å². The molecule has 0 aliphatic heterocycles. The minimum atomic E-state index is -4.96. The third-order valence-corrected chi connectivity index (χ3v) is 21.1. The average Bonchev–Trinajstić information content (AvgIpc) is 0.947. The lowest BCUT2D eigenvalue weighted by Gasteiger charge is -2.21. The topological polar surface area (TPSA) is 237 Å². The minimum Gasteiger partial charge on any atom is -0.462 e. The molecule has 3 N–H and O–H groups in total. The first-order chi connectivity index (χ1) is 48.9. The number of carbonyl (C=O) groups is 4. The third kappa shape index (κ3) is 76.1. The first-order valence-corrected chi connectivity index (χ1v) is 45.5. The van der Waals surface area contributed by atoms with Crippen molar-refractivity contribution in [2.24, 2.45) is 11.8 Å². The van der Waals surface area contributed by atoms with Crippen LogP contribution < -0.4 is 0 Å². The number of phosphoric acid groups is 2. The number of phosphoric ester groups is 2. The molecule has 0 radical (unpaired) electrons. The Labute approximate surface area is 619 Å². The van der Waals surface area contributed by atoms with E-state index in [2.05, 4.69) is 41.5 Å². The lowest BCUT2D eigenvalue weighted by Crippen LogP contribution is -2.30. The lowest BCUT2D eigenvalue weighted by atomic mass is 10.0. The van der Waals surface area contributed by atoms with Crippen molar-refractivity contribution in [2.75, 3.05) is 39.6 Å². The van der Waals surface area contributed by atoms with Crippen LogP contribution in [-0.2, 0) is 65.4 Å². The first kappa shape index (κ1) is 99.1. The maximum Gasteiger partial charge on any atom is 0.472 e. The van der Waals surface area contributed by atoms with Crippen LogP contribution in [0.5, 0.6) is 0 Å². The second-order valence-corrected chi connectivity index (χ2v) is 33.4. The molecule has 17 nitrogen and oxygen atoms in total. The molecule has 0 aromatic carbocycles. The monoisotopic (exact) mass is 1480 g/mol. The summed E-state index contributed by atoms with van der Waals surface area (Å²) in [4.78, 5) is 73.1. The number of esters is 4. The number of carbonyl (C=O) groups excluding carboxylic acids is 4. The lowest BCUT2D eigenvalue weighted by molar-refractivity contribution is -0.161. The van der Waals surface area contributed by atoms with Gasteiger partial charge in [0, 0.05) is 25.7 Å². The van der Waals surface area contributed by atoms with Crippen LogP contribution in [0.4, 0.5) is 0 Å². The van der Waals surface area contributed by atoms with Crippen LogP contribution >= 0.6 is 15.6 Å². The summed E-state index contributed by atoms with van der Waals surface area (Å²) in [6, 6.07) is 0. The van der Waals surface area contributed by atoms with E-state index >= 15 is 0 Å². The number of hydrogen-bond donors (Lipinski definition) is 3. The number of rotatable bonds is 81. The van der Waals surface area contributed by atoms with Crippen LogP contribution in [0.25, 0.3) is 0 Å². The van der Waals surface area contributed by atoms with E-state index in [1.165, 1.54) is 250 Å². The number of aliphatic hydroxyl groups is 1. The van der Waals surface area contributed by atoms with Crippen LogP contribution in [0, 0.1) is 11.8 Å². The van der Waals surface area contributed by atoms with Crippen LogP contribution in [-0.4, -0.2) is 96.7 Å². The van der Waals surface area contributed by atoms with Crippen molar-refractivity contribution in [1.82, 2.24) is 0 Å². The Bertz CT molecular complexity index is 1940. The highest BCUT2D eigenvalue weighted by molar-refractivity contribution is 7.47. The van der Waals surface area contributed by atoms with Crippen molar-refractivity contribution in [1.29, 1.82) is 0 Å². The molecule has 0 aliphatic rings. The summed E-state index contributed by atoms with van der Waals surface area (Å²) in [6.45, 7) is 9.62. The van der Waals surface area contributed by atoms with E-state index in [0.29, 0.717) is 25.7 Å². The van der Waals surface area contributed by atoms with E-state index < -0.39 is 97.5 Å². The molecule has 0 aliphatic carbocycles. The predicted molar refractivity (Wildman–Crippen MR) is 414 cm³/mol. The van der Waals surface area contributed by atoms with E-state index in [0.717, 1.165) is 102 Å². The summed E-state index contributed by atoms with van der Waals surface area (Å²) in [5.74, 6) is -0.611. The molecule has 101 heavy (non-hydrogen) atoms. The Morgan fingerprint density at radius 2 is 0.455 bits per heavy atom. The van der Waals surface area contributed by atoms with Crippen LogP contribution in [0.1, 0.15) is 433 Å². The van der Waals surface area contributed by atoms with E-state index in [9.17, 15) is 43.2 Å².